The van der Waals surface area contributed by atoms with Gasteiger partial charge < -0.3 is 5.11 Å². The highest BCUT2D eigenvalue weighted by Gasteiger charge is 2.32. The monoisotopic (exact) mass is 240 g/mol. The summed E-state index contributed by atoms with van der Waals surface area (Å²) in [6.07, 6.45) is 1.68. The second-order valence-electron chi connectivity index (χ2n) is 4.80. The lowest BCUT2D eigenvalue weighted by Gasteiger charge is -2.23. The molecule has 3 heteroatoms. The Morgan fingerprint density at radius 2 is 1.71 bits per heavy atom. The van der Waals surface area contributed by atoms with E-state index in [1.807, 2.05) is 0 Å². The highest BCUT2D eigenvalue weighted by Crippen LogP contribution is 2.40. The number of benzene rings is 1. The van der Waals surface area contributed by atoms with Crippen LogP contribution in [0.15, 0.2) is 24.3 Å². The van der Waals surface area contributed by atoms with Crippen molar-refractivity contribution in [2.45, 2.75) is 44.6 Å². The fourth-order valence-electron chi connectivity index (χ4n) is 2.79. The first-order valence-corrected chi connectivity index (χ1v) is 6.20. The van der Waals surface area contributed by atoms with Gasteiger partial charge >= 0.3 is 0 Å². The minimum Gasteiger partial charge on any atom is -0.392 e. The van der Waals surface area contributed by atoms with Crippen molar-refractivity contribution in [3.05, 3.63) is 35.4 Å². The van der Waals surface area contributed by atoms with Gasteiger partial charge in [0.15, 0.2) is 0 Å². The standard InChI is InChI=1S/C14H18F2O/c15-14(16)13(11-3-1-2-4-11)12-7-5-10(9-17)6-8-12/h5-8,11,13-14,17H,1-4,9H2. The van der Waals surface area contributed by atoms with Crippen LogP contribution < -0.4 is 0 Å². The maximum atomic E-state index is 13.2. The maximum Gasteiger partial charge on any atom is 0.245 e. The van der Waals surface area contributed by atoms with E-state index in [-0.39, 0.29) is 12.5 Å². The zero-order valence-corrected chi connectivity index (χ0v) is 9.78. The van der Waals surface area contributed by atoms with E-state index in [2.05, 4.69) is 0 Å². The van der Waals surface area contributed by atoms with Crippen LogP contribution in [0.25, 0.3) is 0 Å². The zero-order valence-electron chi connectivity index (χ0n) is 9.78. The molecule has 1 unspecified atom stereocenters. The molecule has 0 aliphatic heterocycles. The molecule has 0 bridgehead atoms. The first-order valence-electron chi connectivity index (χ1n) is 6.20. The Morgan fingerprint density at radius 1 is 1.12 bits per heavy atom. The highest BCUT2D eigenvalue weighted by atomic mass is 19.3. The number of halogens is 2. The largest absolute Gasteiger partial charge is 0.392 e. The lowest BCUT2D eigenvalue weighted by Crippen LogP contribution is -2.18. The van der Waals surface area contributed by atoms with Gasteiger partial charge in [-0.15, -0.1) is 0 Å². The predicted molar refractivity (Wildman–Crippen MR) is 63.1 cm³/mol. The summed E-state index contributed by atoms with van der Waals surface area (Å²) in [4.78, 5) is 0. The van der Waals surface area contributed by atoms with Crippen molar-refractivity contribution in [3.63, 3.8) is 0 Å². The molecule has 0 aromatic heterocycles. The van der Waals surface area contributed by atoms with Crippen molar-refractivity contribution in [3.8, 4) is 0 Å². The number of aliphatic hydroxyl groups excluding tert-OH is 1. The minimum absolute atomic E-state index is 0.0386. The van der Waals surface area contributed by atoms with Crippen LogP contribution in [0.5, 0.6) is 0 Å². The summed E-state index contributed by atoms with van der Waals surface area (Å²) >= 11 is 0. The van der Waals surface area contributed by atoms with Crippen LogP contribution in [-0.4, -0.2) is 11.5 Å². The molecule has 1 aromatic rings. The quantitative estimate of drug-likeness (QED) is 0.850. The Morgan fingerprint density at radius 3 is 2.18 bits per heavy atom. The SMILES string of the molecule is OCc1ccc(C(C(F)F)C2CCCC2)cc1. The van der Waals surface area contributed by atoms with Crippen LogP contribution in [0.2, 0.25) is 0 Å². The molecular formula is C14H18F2O. The van der Waals surface area contributed by atoms with Crippen molar-refractivity contribution < 1.29 is 13.9 Å². The van der Waals surface area contributed by atoms with E-state index in [1.165, 1.54) is 0 Å². The van der Waals surface area contributed by atoms with Crippen molar-refractivity contribution in [2.24, 2.45) is 5.92 Å². The molecule has 1 N–H and O–H groups in total. The van der Waals surface area contributed by atoms with Gasteiger partial charge in [-0.05, 0) is 29.9 Å². The lowest BCUT2D eigenvalue weighted by atomic mass is 9.85. The van der Waals surface area contributed by atoms with E-state index < -0.39 is 12.3 Å². The van der Waals surface area contributed by atoms with Crippen LogP contribution in [0.4, 0.5) is 8.78 Å². The summed E-state index contributed by atoms with van der Waals surface area (Å²) in [7, 11) is 0. The van der Waals surface area contributed by atoms with Crippen LogP contribution in [0, 0.1) is 5.92 Å². The van der Waals surface area contributed by atoms with Gasteiger partial charge in [-0.25, -0.2) is 8.78 Å². The third kappa shape index (κ3) is 2.83. The van der Waals surface area contributed by atoms with E-state index >= 15 is 0 Å². The molecule has 0 saturated heterocycles. The molecule has 0 radical (unpaired) electrons. The normalized spacial score (nSPS) is 18.8. The summed E-state index contributed by atoms with van der Waals surface area (Å²) in [5.41, 5.74) is 1.48. The Labute approximate surface area is 100 Å². The average Bonchev–Trinajstić information content (AvgIpc) is 2.83. The molecule has 17 heavy (non-hydrogen) atoms. The zero-order chi connectivity index (χ0) is 12.3. The van der Waals surface area contributed by atoms with E-state index in [4.69, 9.17) is 5.11 Å². The second kappa shape index (κ2) is 5.58. The molecule has 1 saturated carbocycles. The number of hydrogen-bond donors (Lipinski definition) is 1. The fourth-order valence-corrected chi connectivity index (χ4v) is 2.79. The highest BCUT2D eigenvalue weighted by molar-refractivity contribution is 5.26. The van der Waals surface area contributed by atoms with E-state index in [0.717, 1.165) is 31.2 Å². The molecule has 94 valence electrons. The number of hydrogen-bond acceptors (Lipinski definition) is 1. The number of rotatable bonds is 4. The van der Waals surface area contributed by atoms with E-state index in [1.54, 1.807) is 24.3 Å². The van der Waals surface area contributed by atoms with Crippen LogP contribution in [0.1, 0.15) is 42.7 Å². The molecule has 0 heterocycles. The Bertz CT molecular complexity index is 342. The van der Waals surface area contributed by atoms with Crippen molar-refractivity contribution >= 4 is 0 Å². The molecule has 0 amide bonds. The minimum atomic E-state index is -2.29. The molecule has 1 fully saturated rings. The molecule has 2 rings (SSSR count). The molecule has 1 aromatic carbocycles. The summed E-state index contributed by atoms with van der Waals surface area (Å²) in [6.45, 7) is -0.0386. The van der Waals surface area contributed by atoms with E-state index in [0.29, 0.717) is 5.56 Å². The van der Waals surface area contributed by atoms with Gasteiger partial charge in [0.05, 0.1) is 6.61 Å². The van der Waals surface area contributed by atoms with Gasteiger partial charge in [-0.3, -0.25) is 0 Å². The Kier molecular flexibility index (Phi) is 4.11. The number of alkyl halides is 2. The third-order valence-corrected chi connectivity index (χ3v) is 3.73. The maximum absolute atomic E-state index is 13.2. The Hall–Kier alpha value is -0.960. The second-order valence-corrected chi connectivity index (χ2v) is 4.80. The van der Waals surface area contributed by atoms with E-state index in [9.17, 15) is 8.78 Å². The summed E-state index contributed by atoms with van der Waals surface area (Å²) in [6, 6.07) is 6.95. The van der Waals surface area contributed by atoms with Crippen LogP contribution in [0.3, 0.4) is 0 Å². The molecular weight excluding hydrogens is 222 g/mol. The van der Waals surface area contributed by atoms with Gasteiger partial charge in [-0.1, -0.05) is 37.1 Å². The lowest BCUT2D eigenvalue weighted by molar-refractivity contribution is 0.0867. The summed E-state index contributed by atoms with van der Waals surface area (Å²) in [5, 5.41) is 8.94. The van der Waals surface area contributed by atoms with Crippen molar-refractivity contribution in [2.75, 3.05) is 0 Å². The summed E-state index contributed by atoms with van der Waals surface area (Å²) < 4.78 is 26.3. The predicted octanol–water partition coefficient (Wildman–Crippen LogP) is 3.72. The van der Waals surface area contributed by atoms with Gasteiger partial charge in [0.1, 0.15) is 0 Å². The topological polar surface area (TPSA) is 20.2 Å². The summed E-state index contributed by atoms with van der Waals surface area (Å²) in [5.74, 6) is -0.514. The molecule has 1 atom stereocenters. The van der Waals surface area contributed by atoms with Gasteiger partial charge in [0, 0.05) is 5.92 Å². The van der Waals surface area contributed by atoms with Gasteiger partial charge in [-0.2, -0.15) is 0 Å². The average molecular weight is 240 g/mol. The molecule has 1 aliphatic carbocycles. The van der Waals surface area contributed by atoms with Crippen LogP contribution in [-0.2, 0) is 6.61 Å². The van der Waals surface area contributed by atoms with Crippen molar-refractivity contribution in [1.82, 2.24) is 0 Å². The van der Waals surface area contributed by atoms with Gasteiger partial charge in [0.2, 0.25) is 6.43 Å². The fraction of sp³-hybridized carbons (Fsp3) is 0.571. The molecule has 0 spiro atoms. The first kappa shape index (κ1) is 12.5. The van der Waals surface area contributed by atoms with Crippen molar-refractivity contribution in [1.29, 1.82) is 0 Å². The first-order chi connectivity index (χ1) is 8.22. The smallest absolute Gasteiger partial charge is 0.245 e. The third-order valence-electron chi connectivity index (χ3n) is 3.73. The Balaban J connectivity index is 2.19. The molecule has 1 aliphatic rings. The van der Waals surface area contributed by atoms with Crippen LogP contribution >= 0.6 is 0 Å². The van der Waals surface area contributed by atoms with Gasteiger partial charge in [0.25, 0.3) is 0 Å². The molecule has 1 nitrogen and oxygen atoms in total. The number of aliphatic hydroxyl groups is 1.